The molecule has 1 aliphatic heterocycles. The van der Waals surface area contributed by atoms with Crippen LogP contribution in [0.15, 0.2) is 66.1 Å². The molecule has 0 aliphatic carbocycles. The summed E-state index contributed by atoms with van der Waals surface area (Å²) in [7, 11) is 0. The molecule has 178 valence electrons. The van der Waals surface area contributed by atoms with Crippen molar-refractivity contribution in [1.82, 2.24) is 14.9 Å². The largest absolute Gasteiger partial charge is 0.490 e. The highest BCUT2D eigenvalue weighted by atomic mass is 32.2. The van der Waals surface area contributed by atoms with Crippen molar-refractivity contribution in [2.75, 3.05) is 13.1 Å². The van der Waals surface area contributed by atoms with Crippen LogP contribution in [0.25, 0.3) is 0 Å². The highest BCUT2D eigenvalue weighted by Crippen LogP contribution is 2.33. The number of carbonyl (C=O) groups excluding carboxylic acids is 1. The maximum atomic E-state index is 12.6. The average molecular weight is 482 g/mol. The first kappa shape index (κ1) is 23.7. The van der Waals surface area contributed by atoms with Crippen LogP contribution in [0.5, 0.6) is 11.5 Å². The molecule has 1 aromatic heterocycles. The molecule has 1 amide bonds. The van der Waals surface area contributed by atoms with Gasteiger partial charge in [0.15, 0.2) is 5.16 Å². The normalized spacial score (nSPS) is 15.0. The lowest BCUT2D eigenvalue weighted by molar-refractivity contribution is -0.136. The van der Waals surface area contributed by atoms with E-state index in [-0.39, 0.29) is 23.9 Å². The summed E-state index contributed by atoms with van der Waals surface area (Å²) in [5, 5.41) is 9.94. The van der Waals surface area contributed by atoms with Crippen LogP contribution in [0.4, 0.5) is 4.79 Å². The van der Waals surface area contributed by atoms with Crippen molar-refractivity contribution in [1.29, 1.82) is 0 Å². The van der Waals surface area contributed by atoms with Crippen LogP contribution >= 0.6 is 11.8 Å². The second-order valence-electron chi connectivity index (χ2n) is 8.11. The Bertz CT molecular complexity index is 1080. The van der Waals surface area contributed by atoms with Gasteiger partial charge in [0.1, 0.15) is 17.6 Å². The molecule has 2 aromatic carbocycles. The second-order valence-corrected chi connectivity index (χ2v) is 9.44. The maximum Gasteiger partial charge on any atom is 0.415 e. The predicted octanol–water partition coefficient (Wildman–Crippen LogP) is 4.93. The number of likely N-dealkylation sites (tertiary alicyclic amines) is 1. The molecule has 0 saturated carbocycles. The van der Waals surface area contributed by atoms with Crippen molar-refractivity contribution in [2.24, 2.45) is 0 Å². The molecular formula is C25H27N3O5S. The minimum absolute atomic E-state index is 0.00167. The van der Waals surface area contributed by atoms with Gasteiger partial charge in [-0.15, -0.1) is 0 Å². The second kappa shape index (κ2) is 11.1. The van der Waals surface area contributed by atoms with Gasteiger partial charge in [0.2, 0.25) is 0 Å². The van der Waals surface area contributed by atoms with Crippen molar-refractivity contribution in [3.63, 3.8) is 0 Å². The Morgan fingerprint density at radius 2 is 1.79 bits per heavy atom. The third-order valence-corrected chi connectivity index (χ3v) is 6.67. The van der Waals surface area contributed by atoms with E-state index in [4.69, 9.17) is 14.6 Å². The standard InChI is InChI=1S/C25H27N3O5S/c1-17(34-24-26-12-13-27-24)19-4-8-21(9-5-19)33-25(31)28-14-10-22(11-15-28)32-20-6-2-18(3-7-20)16-23(29)30/h2-9,12-13,17,22H,10-11,14-16H2,1H3,(H,26,27)(H,29,30). The van der Waals surface area contributed by atoms with E-state index in [0.717, 1.165) is 16.3 Å². The molecule has 1 unspecified atom stereocenters. The average Bonchev–Trinajstić information content (AvgIpc) is 3.34. The number of piperidine rings is 1. The fraction of sp³-hybridized carbons (Fsp3) is 0.320. The number of aliphatic carboxylic acids is 1. The van der Waals surface area contributed by atoms with Crippen LogP contribution in [0.1, 0.15) is 36.1 Å². The first-order chi connectivity index (χ1) is 16.5. The van der Waals surface area contributed by atoms with Crippen LogP contribution in [0, 0.1) is 0 Å². The van der Waals surface area contributed by atoms with Crippen molar-refractivity contribution < 1.29 is 24.2 Å². The molecule has 0 bridgehead atoms. The Labute approximate surface area is 202 Å². The fourth-order valence-electron chi connectivity index (χ4n) is 3.73. The summed E-state index contributed by atoms with van der Waals surface area (Å²) in [6, 6.07) is 14.7. The zero-order valence-corrected chi connectivity index (χ0v) is 19.7. The third-order valence-electron chi connectivity index (χ3n) is 5.60. The number of carboxylic acid groups (broad SMARTS) is 1. The summed E-state index contributed by atoms with van der Waals surface area (Å²) in [4.78, 5) is 32.4. The quantitative estimate of drug-likeness (QED) is 0.440. The van der Waals surface area contributed by atoms with Crippen molar-refractivity contribution in [3.8, 4) is 11.5 Å². The number of H-pyrrole nitrogens is 1. The van der Waals surface area contributed by atoms with Gasteiger partial charge >= 0.3 is 12.1 Å². The van der Waals surface area contributed by atoms with E-state index in [1.54, 1.807) is 53.3 Å². The molecule has 1 aliphatic rings. The number of thioether (sulfide) groups is 1. The van der Waals surface area contributed by atoms with Gasteiger partial charge in [-0.1, -0.05) is 36.0 Å². The van der Waals surface area contributed by atoms with Gasteiger partial charge in [0, 0.05) is 43.6 Å². The lowest BCUT2D eigenvalue weighted by atomic mass is 10.1. The smallest absolute Gasteiger partial charge is 0.415 e. The summed E-state index contributed by atoms with van der Waals surface area (Å²) >= 11 is 1.63. The summed E-state index contributed by atoms with van der Waals surface area (Å²) in [5.41, 5.74) is 1.85. The van der Waals surface area contributed by atoms with Crippen LogP contribution in [0.2, 0.25) is 0 Å². The van der Waals surface area contributed by atoms with Gasteiger partial charge in [-0.3, -0.25) is 4.79 Å². The van der Waals surface area contributed by atoms with E-state index < -0.39 is 5.97 Å². The van der Waals surface area contributed by atoms with Crippen LogP contribution in [0.3, 0.4) is 0 Å². The molecule has 1 saturated heterocycles. The van der Waals surface area contributed by atoms with Gasteiger partial charge in [-0.25, -0.2) is 9.78 Å². The third kappa shape index (κ3) is 6.54. The van der Waals surface area contributed by atoms with E-state index in [1.165, 1.54) is 0 Å². The Morgan fingerprint density at radius 1 is 1.12 bits per heavy atom. The molecule has 1 atom stereocenters. The number of amides is 1. The Balaban J connectivity index is 1.22. The van der Waals surface area contributed by atoms with Gasteiger partial charge < -0.3 is 24.5 Å². The molecule has 2 N–H and O–H groups in total. The number of nitrogens with zero attached hydrogens (tertiary/aromatic N) is 2. The Kier molecular flexibility index (Phi) is 7.74. The number of imidazole rings is 1. The molecule has 0 spiro atoms. The molecule has 0 radical (unpaired) electrons. The van der Waals surface area contributed by atoms with Crippen molar-refractivity contribution in [2.45, 2.75) is 42.7 Å². The first-order valence-corrected chi connectivity index (χ1v) is 12.0. The molecule has 9 heteroatoms. The van der Waals surface area contributed by atoms with Crippen LogP contribution in [-0.2, 0) is 11.2 Å². The number of carboxylic acids is 1. The van der Waals surface area contributed by atoms with Gasteiger partial charge in [-0.2, -0.15) is 0 Å². The zero-order valence-electron chi connectivity index (χ0n) is 18.8. The molecule has 34 heavy (non-hydrogen) atoms. The number of nitrogens with one attached hydrogen (secondary N) is 1. The number of carbonyl (C=O) groups is 2. The number of aromatic amines is 1. The lowest BCUT2D eigenvalue weighted by Crippen LogP contribution is -2.43. The summed E-state index contributed by atoms with van der Waals surface area (Å²) in [5.74, 6) is 0.362. The number of rotatable bonds is 8. The van der Waals surface area contributed by atoms with Gasteiger partial charge in [0.05, 0.1) is 6.42 Å². The number of benzene rings is 2. The van der Waals surface area contributed by atoms with E-state index in [9.17, 15) is 9.59 Å². The van der Waals surface area contributed by atoms with E-state index in [2.05, 4.69) is 16.9 Å². The highest BCUT2D eigenvalue weighted by Gasteiger charge is 2.25. The minimum Gasteiger partial charge on any atom is -0.490 e. The Morgan fingerprint density at radius 3 is 2.41 bits per heavy atom. The number of ether oxygens (including phenoxy) is 2. The lowest BCUT2D eigenvalue weighted by Gasteiger charge is -2.31. The van der Waals surface area contributed by atoms with E-state index in [1.807, 2.05) is 24.3 Å². The molecule has 1 fully saturated rings. The fourth-order valence-corrected chi connectivity index (χ4v) is 4.62. The predicted molar refractivity (Wildman–Crippen MR) is 128 cm³/mol. The number of hydrogen-bond acceptors (Lipinski definition) is 6. The van der Waals surface area contributed by atoms with Gasteiger partial charge in [-0.05, 0) is 42.3 Å². The molecule has 4 rings (SSSR count). The number of hydrogen-bond donors (Lipinski definition) is 2. The molecule has 8 nitrogen and oxygen atoms in total. The van der Waals surface area contributed by atoms with Crippen LogP contribution in [-0.4, -0.2) is 51.2 Å². The monoisotopic (exact) mass is 481 g/mol. The van der Waals surface area contributed by atoms with Crippen LogP contribution < -0.4 is 9.47 Å². The minimum atomic E-state index is -0.859. The van der Waals surface area contributed by atoms with Crippen molar-refractivity contribution >= 4 is 23.8 Å². The Hall–Kier alpha value is -3.46. The SMILES string of the molecule is CC(Sc1ncc[nH]1)c1ccc(OC(=O)N2CCC(Oc3ccc(CC(=O)O)cc3)CC2)cc1. The van der Waals surface area contributed by atoms with E-state index in [0.29, 0.717) is 37.4 Å². The number of aromatic nitrogens is 2. The van der Waals surface area contributed by atoms with Gasteiger partial charge in [0.25, 0.3) is 0 Å². The summed E-state index contributed by atoms with van der Waals surface area (Å²) < 4.78 is 11.6. The van der Waals surface area contributed by atoms with Crippen molar-refractivity contribution in [3.05, 3.63) is 72.1 Å². The maximum absolute atomic E-state index is 12.6. The topological polar surface area (TPSA) is 105 Å². The molecule has 2 heterocycles. The highest BCUT2D eigenvalue weighted by molar-refractivity contribution is 7.99. The summed E-state index contributed by atoms with van der Waals surface area (Å²) in [6.45, 7) is 3.20. The van der Waals surface area contributed by atoms with E-state index >= 15 is 0 Å². The zero-order chi connectivity index (χ0) is 23.9. The summed E-state index contributed by atoms with van der Waals surface area (Å²) in [6.07, 6.45) is 4.57. The molecular weight excluding hydrogens is 454 g/mol. The first-order valence-electron chi connectivity index (χ1n) is 11.2. The molecule has 3 aromatic rings.